The van der Waals surface area contributed by atoms with Crippen molar-refractivity contribution in [2.24, 2.45) is 0 Å². The van der Waals surface area contributed by atoms with Crippen LogP contribution in [0.5, 0.6) is 0 Å². The van der Waals surface area contributed by atoms with Gasteiger partial charge in [-0.05, 0) is 42.3 Å². The van der Waals surface area contributed by atoms with E-state index >= 15 is 0 Å². The first-order valence-electron chi connectivity index (χ1n) is 6.42. The highest BCUT2D eigenvalue weighted by atomic mass is 35.5. The molecule has 5 heteroatoms. The zero-order valence-corrected chi connectivity index (χ0v) is 12.1. The minimum atomic E-state index is -0.311. The molecule has 0 saturated heterocycles. The van der Waals surface area contributed by atoms with Crippen molar-refractivity contribution in [3.63, 3.8) is 0 Å². The van der Waals surface area contributed by atoms with Crippen molar-refractivity contribution >= 4 is 17.4 Å². The average molecular weight is 302 g/mol. The van der Waals surface area contributed by atoms with E-state index in [0.717, 1.165) is 11.1 Å². The van der Waals surface area contributed by atoms with Gasteiger partial charge in [0.05, 0.1) is 11.3 Å². The Balaban J connectivity index is 2.19. The van der Waals surface area contributed by atoms with Gasteiger partial charge in [-0.2, -0.15) is 5.10 Å². The van der Waals surface area contributed by atoms with Gasteiger partial charge in [0.2, 0.25) is 0 Å². The molecule has 0 spiro atoms. The van der Waals surface area contributed by atoms with Gasteiger partial charge >= 0.3 is 0 Å². The van der Waals surface area contributed by atoms with Gasteiger partial charge in [-0.3, -0.25) is 5.10 Å². The summed E-state index contributed by atoms with van der Waals surface area (Å²) in [5.74, 6) is 0.0150. The number of aromatic amines is 1. The number of nitrogens with zero attached hydrogens (tertiary/aromatic N) is 1. The summed E-state index contributed by atoms with van der Waals surface area (Å²) in [7, 11) is 0. The van der Waals surface area contributed by atoms with Crippen molar-refractivity contribution in [2.75, 3.05) is 5.73 Å². The number of aromatic nitrogens is 2. The van der Waals surface area contributed by atoms with E-state index in [9.17, 15) is 4.39 Å². The van der Waals surface area contributed by atoms with Crippen molar-refractivity contribution in [1.29, 1.82) is 0 Å². The highest BCUT2D eigenvalue weighted by Crippen LogP contribution is 2.36. The number of halogens is 2. The fourth-order valence-electron chi connectivity index (χ4n) is 2.28. The first-order valence-corrected chi connectivity index (χ1v) is 6.80. The summed E-state index contributed by atoms with van der Waals surface area (Å²) >= 11 is 5.90. The Labute approximate surface area is 126 Å². The van der Waals surface area contributed by atoms with E-state index in [-0.39, 0.29) is 5.82 Å². The van der Waals surface area contributed by atoms with E-state index in [2.05, 4.69) is 10.2 Å². The Kier molecular flexibility index (Phi) is 3.39. The molecule has 1 aromatic heterocycles. The van der Waals surface area contributed by atoms with E-state index in [1.807, 2.05) is 25.1 Å². The fraction of sp³-hybridized carbons (Fsp3) is 0.0625. The molecule has 0 bridgehead atoms. The van der Waals surface area contributed by atoms with Crippen LogP contribution in [0.15, 0.2) is 42.5 Å². The van der Waals surface area contributed by atoms with Crippen LogP contribution in [0, 0.1) is 12.7 Å². The monoisotopic (exact) mass is 301 g/mol. The number of nitrogens with one attached hydrogen (secondary N) is 1. The predicted molar refractivity (Wildman–Crippen MR) is 83.6 cm³/mol. The SMILES string of the molecule is Cc1ccc(-c2[nH]nc(N)c2-c2ccc(Cl)cc2)c(F)c1. The van der Waals surface area contributed by atoms with Crippen molar-refractivity contribution in [1.82, 2.24) is 10.2 Å². The first-order chi connectivity index (χ1) is 10.1. The van der Waals surface area contributed by atoms with Gasteiger partial charge in [0, 0.05) is 10.6 Å². The smallest absolute Gasteiger partial charge is 0.153 e. The van der Waals surface area contributed by atoms with Gasteiger partial charge < -0.3 is 5.73 Å². The third kappa shape index (κ3) is 2.50. The molecule has 0 amide bonds. The Hall–Kier alpha value is -2.33. The van der Waals surface area contributed by atoms with E-state index in [0.29, 0.717) is 27.7 Å². The minimum Gasteiger partial charge on any atom is -0.382 e. The van der Waals surface area contributed by atoms with Crippen LogP contribution in [0.3, 0.4) is 0 Å². The molecule has 3 rings (SSSR count). The molecule has 0 aliphatic carbocycles. The van der Waals surface area contributed by atoms with E-state index in [1.54, 1.807) is 18.2 Å². The Morgan fingerprint density at radius 3 is 2.52 bits per heavy atom. The van der Waals surface area contributed by atoms with Crippen LogP contribution in [0.2, 0.25) is 5.02 Å². The molecule has 0 saturated carbocycles. The number of benzene rings is 2. The van der Waals surface area contributed by atoms with Crippen LogP contribution in [0.4, 0.5) is 10.2 Å². The lowest BCUT2D eigenvalue weighted by atomic mass is 10.00. The maximum atomic E-state index is 14.2. The molecule has 21 heavy (non-hydrogen) atoms. The number of H-pyrrole nitrogens is 1. The summed E-state index contributed by atoms with van der Waals surface area (Å²) in [6, 6.07) is 12.2. The molecular weight excluding hydrogens is 289 g/mol. The molecular formula is C16H13ClFN3. The quantitative estimate of drug-likeness (QED) is 0.736. The van der Waals surface area contributed by atoms with Gasteiger partial charge in [-0.15, -0.1) is 0 Å². The average Bonchev–Trinajstić information content (AvgIpc) is 2.82. The molecule has 0 aliphatic heterocycles. The van der Waals surface area contributed by atoms with E-state index in [1.165, 1.54) is 6.07 Å². The number of hydrogen-bond acceptors (Lipinski definition) is 2. The van der Waals surface area contributed by atoms with Gasteiger partial charge in [0.15, 0.2) is 5.82 Å². The summed E-state index contributed by atoms with van der Waals surface area (Å²) < 4.78 is 14.2. The standard InChI is InChI=1S/C16H13ClFN3/c1-9-2-7-12(13(18)8-9)15-14(16(19)21-20-15)10-3-5-11(17)6-4-10/h2-8H,1H3,(H3,19,20,21). The van der Waals surface area contributed by atoms with Crippen LogP contribution in [-0.2, 0) is 0 Å². The van der Waals surface area contributed by atoms with Gasteiger partial charge in [-0.1, -0.05) is 29.8 Å². The van der Waals surface area contributed by atoms with Crippen LogP contribution in [0.1, 0.15) is 5.56 Å². The molecule has 0 fully saturated rings. The molecule has 0 atom stereocenters. The normalized spacial score (nSPS) is 10.8. The molecule has 2 aromatic carbocycles. The van der Waals surface area contributed by atoms with Crippen LogP contribution in [-0.4, -0.2) is 10.2 Å². The van der Waals surface area contributed by atoms with Crippen LogP contribution >= 0.6 is 11.6 Å². The highest BCUT2D eigenvalue weighted by Gasteiger charge is 2.17. The molecule has 3 aromatic rings. The summed E-state index contributed by atoms with van der Waals surface area (Å²) in [5.41, 5.74) is 9.30. The third-order valence-corrected chi connectivity index (χ3v) is 3.57. The number of nitrogens with two attached hydrogens (primary N) is 1. The molecule has 0 aliphatic rings. The largest absolute Gasteiger partial charge is 0.382 e. The third-order valence-electron chi connectivity index (χ3n) is 3.32. The van der Waals surface area contributed by atoms with Crippen molar-refractivity contribution in [3.8, 4) is 22.4 Å². The second kappa shape index (κ2) is 5.22. The van der Waals surface area contributed by atoms with E-state index < -0.39 is 0 Å². The van der Waals surface area contributed by atoms with Crippen LogP contribution in [0.25, 0.3) is 22.4 Å². The van der Waals surface area contributed by atoms with Crippen molar-refractivity contribution in [2.45, 2.75) is 6.92 Å². The number of hydrogen-bond donors (Lipinski definition) is 2. The van der Waals surface area contributed by atoms with Crippen molar-refractivity contribution < 1.29 is 4.39 Å². The lowest BCUT2D eigenvalue weighted by Gasteiger charge is -2.07. The molecule has 3 N–H and O–H groups in total. The van der Waals surface area contributed by atoms with Crippen molar-refractivity contribution in [3.05, 3.63) is 58.9 Å². The minimum absolute atomic E-state index is 0.311. The highest BCUT2D eigenvalue weighted by molar-refractivity contribution is 6.30. The second-order valence-corrected chi connectivity index (χ2v) is 5.29. The molecule has 3 nitrogen and oxygen atoms in total. The number of anilines is 1. The Bertz CT molecular complexity index is 794. The maximum absolute atomic E-state index is 14.2. The Morgan fingerprint density at radius 1 is 1.14 bits per heavy atom. The predicted octanol–water partition coefficient (Wildman–Crippen LogP) is 4.43. The maximum Gasteiger partial charge on any atom is 0.153 e. The first kappa shape index (κ1) is 13.6. The summed E-state index contributed by atoms with van der Waals surface area (Å²) in [5, 5.41) is 7.45. The zero-order chi connectivity index (χ0) is 15.0. The lowest BCUT2D eigenvalue weighted by Crippen LogP contribution is -1.91. The van der Waals surface area contributed by atoms with Gasteiger partial charge in [0.1, 0.15) is 5.82 Å². The molecule has 0 unspecified atom stereocenters. The number of aryl methyl sites for hydroxylation is 1. The molecule has 1 heterocycles. The summed E-state index contributed by atoms with van der Waals surface area (Å²) in [6.45, 7) is 1.84. The number of nitrogen functional groups attached to an aromatic ring is 1. The van der Waals surface area contributed by atoms with Gasteiger partial charge in [0.25, 0.3) is 0 Å². The summed E-state index contributed by atoms with van der Waals surface area (Å²) in [4.78, 5) is 0. The summed E-state index contributed by atoms with van der Waals surface area (Å²) in [6.07, 6.45) is 0. The van der Waals surface area contributed by atoms with Crippen LogP contribution < -0.4 is 5.73 Å². The van der Waals surface area contributed by atoms with Gasteiger partial charge in [-0.25, -0.2) is 4.39 Å². The molecule has 106 valence electrons. The Morgan fingerprint density at radius 2 is 1.86 bits per heavy atom. The topological polar surface area (TPSA) is 54.7 Å². The fourth-order valence-corrected chi connectivity index (χ4v) is 2.41. The lowest BCUT2D eigenvalue weighted by molar-refractivity contribution is 0.629. The second-order valence-electron chi connectivity index (χ2n) is 4.85. The van der Waals surface area contributed by atoms with E-state index in [4.69, 9.17) is 17.3 Å². The zero-order valence-electron chi connectivity index (χ0n) is 11.3. The number of rotatable bonds is 2. The molecule has 0 radical (unpaired) electrons.